The Hall–Kier alpha value is -2.73. The Bertz CT molecular complexity index is 863. The third-order valence-electron chi connectivity index (χ3n) is 4.85. The van der Waals surface area contributed by atoms with Gasteiger partial charge in [0.25, 0.3) is 5.91 Å². The van der Waals surface area contributed by atoms with E-state index in [9.17, 15) is 9.59 Å². The molecule has 134 valence electrons. The first-order valence-electron chi connectivity index (χ1n) is 8.94. The standard InChI is InChI=1S/C20H21N3O3/c24-18-4-3-15-10-17(11-22-19(15)23-18)20(25)21-7-5-13-1-2-16-12-26-8-6-14(16)9-13/h1-2,9-11H,3-8,12H2,(H,21,25)(H,22,23,24). The maximum absolute atomic E-state index is 12.4. The van der Waals surface area contributed by atoms with E-state index in [-0.39, 0.29) is 11.8 Å². The monoisotopic (exact) mass is 351 g/mol. The molecule has 2 aliphatic heterocycles. The van der Waals surface area contributed by atoms with Gasteiger partial charge < -0.3 is 15.4 Å². The normalized spacial score (nSPS) is 15.6. The van der Waals surface area contributed by atoms with Crippen LogP contribution in [-0.4, -0.2) is 29.9 Å². The van der Waals surface area contributed by atoms with Gasteiger partial charge in [-0.05, 0) is 47.6 Å². The molecule has 6 heteroatoms. The Morgan fingerprint density at radius 3 is 3.00 bits per heavy atom. The summed E-state index contributed by atoms with van der Waals surface area (Å²) in [4.78, 5) is 27.9. The number of amides is 2. The number of benzene rings is 1. The van der Waals surface area contributed by atoms with Crippen LogP contribution in [0.1, 0.15) is 39.0 Å². The van der Waals surface area contributed by atoms with E-state index in [2.05, 4.69) is 33.8 Å². The number of carbonyl (C=O) groups excluding carboxylic acids is 2. The highest BCUT2D eigenvalue weighted by atomic mass is 16.5. The number of nitrogens with one attached hydrogen (secondary N) is 2. The van der Waals surface area contributed by atoms with Gasteiger partial charge in [0.15, 0.2) is 0 Å². The van der Waals surface area contributed by atoms with Crippen LogP contribution in [0.15, 0.2) is 30.5 Å². The smallest absolute Gasteiger partial charge is 0.252 e. The molecule has 2 N–H and O–H groups in total. The van der Waals surface area contributed by atoms with Gasteiger partial charge in [0.05, 0.1) is 18.8 Å². The number of fused-ring (bicyclic) bond motifs is 2. The fourth-order valence-electron chi connectivity index (χ4n) is 3.38. The highest BCUT2D eigenvalue weighted by Gasteiger charge is 2.18. The Balaban J connectivity index is 1.35. The van der Waals surface area contributed by atoms with Crippen molar-refractivity contribution in [3.8, 4) is 0 Å². The molecule has 0 bridgehead atoms. The summed E-state index contributed by atoms with van der Waals surface area (Å²) in [6.07, 6.45) is 4.30. The maximum Gasteiger partial charge on any atom is 0.252 e. The average molecular weight is 351 g/mol. The summed E-state index contributed by atoms with van der Waals surface area (Å²) in [5, 5.41) is 5.68. The van der Waals surface area contributed by atoms with Crippen molar-refractivity contribution in [2.45, 2.75) is 32.3 Å². The molecule has 3 heterocycles. The lowest BCUT2D eigenvalue weighted by atomic mass is 9.99. The van der Waals surface area contributed by atoms with Gasteiger partial charge in [-0.3, -0.25) is 9.59 Å². The summed E-state index contributed by atoms with van der Waals surface area (Å²) < 4.78 is 5.46. The minimum absolute atomic E-state index is 0.0289. The lowest BCUT2D eigenvalue weighted by molar-refractivity contribution is -0.116. The van der Waals surface area contributed by atoms with Gasteiger partial charge in [-0.2, -0.15) is 0 Å². The molecule has 0 aliphatic carbocycles. The number of pyridine rings is 1. The van der Waals surface area contributed by atoms with E-state index in [1.807, 2.05) is 6.07 Å². The SMILES string of the molecule is O=C1CCc2cc(C(=O)NCCc3ccc4c(c3)CCOC4)cnc2N1. The molecule has 0 fully saturated rings. The fraction of sp³-hybridized carbons (Fsp3) is 0.350. The van der Waals surface area contributed by atoms with Crippen molar-refractivity contribution < 1.29 is 14.3 Å². The highest BCUT2D eigenvalue weighted by Crippen LogP contribution is 2.21. The third kappa shape index (κ3) is 3.60. The Morgan fingerprint density at radius 1 is 1.15 bits per heavy atom. The summed E-state index contributed by atoms with van der Waals surface area (Å²) in [6.45, 7) is 2.04. The van der Waals surface area contributed by atoms with Crippen molar-refractivity contribution in [1.82, 2.24) is 10.3 Å². The van der Waals surface area contributed by atoms with Gasteiger partial charge >= 0.3 is 0 Å². The Morgan fingerprint density at radius 2 is 2.08 bits per heavy atom. The summed E-state index contributed by atoms with van der Waals surface area (Å²) in [7, 11) is 0. The molecule has 0 spiro atoms. The zero-order valence-corrected chi connectivity index (χ0v) is 14.5. The van der Waals surface area contributed by atoms with E-state index < -0.39 is 0 Å². The average Bonchev–Trinajstić information content (AvgIpc) is 2.67. The molecule has 6 nitrogen and oxygen atoms in total. The second kappa shape index (κ2) is 7.25. The number of hydrogen-bond donors (Lipinski definition) is 2. The van der Waals surface area contributed by atoms with E-state index in [0.717, 1.165) is 25.0 Å². The first-order valence-corrected chi connectivity index (χ1v) is 8.94. The van der Waals surface area contributed by atoms with E-state index in [1.165, 1.54) is 22.9 Å². The Kier molecular flexibility index (Phi) is 4.67. The van der Waals surface area contributed by atoms with Crippen LogP contribution in [0.2, 0.25) is 0 Å². The highest BCUT2D eigenvalue weighted by molar-refractivity contribution is 5.96. The van der Waals surface area contributed by atoms with Crippen LogP contribution in [-0.2, 0) is 35.4 Å². The second-order valence-corrected chi connectivity index (χ2v) is 6.69. The van der Waals surface area contributed by atoms with E-state index >= 15 is 0 Å². The predicted molar refractivity (Wildman–Crippen MR) is 97.0 cm³/mol. The third-order valence-corrected chi connectivity index (χ3v) is 4.85. The molecule has 26 heavy (non-hydrogen) atoms. The van der Waals surface area contributed by atoms with E-state index in [4.69, 9.17) is 4.74 Å². The van der Waals surface area contributed by atoms with Gasteiger partial charge in [-0.1, -0.05) is 18.2 Å². The molecule has 0 saturated carbocycles. The molecule has 2 amide bonds. The van der Waals surface area contributed by atoms with E-state index in [1.54, 1.807) is 0 Å². The molecule has 0 radical (unpaired) electrons. The van der Waals surface area contributed by atoms with E-state index in [0.29, 0.717) is 37.4 Å². The van der Waals surface area contributed by atoms with Gasteiger partial charge in [-0.15, -0.1) is 0 Å². The van der Waals surface area contributed by atoms with Crippen molar-refractivity contribution in [3.63, 3.8) is 0 Å². The van der Waals surface area contributed by atoms with Crippen LogP contribution in [0.4, 0.5) is 5.82 Å². The fourth-order valence-corrected chi connectivity index (χ4v) is 3.38. The van der Waals surface area contributed by atoms with Crippen LogP contribution < -0.4 is 10.6 Å². The number of carbonyl (C=O) groups is 2. The van der Waals surface area contributed by atoms with Crippen molar-refractivity contribution in [3.05, 3.63) is 58.3 Å². The molecule has 0 atom stereocenters. The summed E-state index contributed by atoms with van der Waals surface area (Å²) in [5.41, 5.74) is 5.27. The molecule has 1 aromatic carbocycles. The summed E-state index contributed by atoms with van der Waals surface area (Å²) >= 11 is 0. The molecular weight excluding hydrogens is 330 g/mol. The van der Waals surface area contributed by atoms with Crippen molar-refractivity contribution in [1.29, 1.82) is 0 Å². The number of anilines is 1. The topological polar surface area (TPSA) is 80.3 Å². The zero-order chi connectivity index (χ0) is 17.9. The predicted octanol–water partition coefficient (Wildman–Crippen LogP) is 2.01. The number of rotatable bonds is 4. The quantitative estimate of drug-likeness (QED) is 0.883. The number of aryl methyl sites for hydroxylation is 1. The number of ether oxygens (including phenoxy) is 1. The number of nitrogens with zero attached hydrogens (tertiary/aromatic N) is 1. The Labute approximate surface area is 152 Å². The van der Waals surface area contributed by atoms with Crippen molar-refractivity contribution in [2.75, 3.05) is 18.5 Å². The van der Waals surface area contributed by atoms with Crippen LogP contribution in [0.3, 0.4) is 0 Å². The molecule has 1 aromatic heterocycles. The summed E-state index contributed by atoms with van der Waals surface area (Å²) in [5.74, 6) is 0.401. The van der Waals surface area contributed by atoms with Crippen LogP contribution in [0.25, 0.3) is 0 Å². The minimum Gasteiger partial charge on any atom is -0.376 e. The zero-order valence-electron chi connectivity index (χ0n) is 14.5. The van der Waals surface area contributed by atoms with Crippen LogP contribution >= 0.6 is 0 Å². The largest absolute Gasteiger partial charge is 0.376 e. The lowest BCUT2D eigenvalue weighted by Crippen LogP contribution is -2.27. The number of hydrogen-bond acceptors (Lipinski definition) is 4. The molecule has 2 aromatic rings. The molecule has 2 aliphatic rings. The van der Waals surface area contributed by atoms with Gasteiger partial charge in [0, 0.05) is 19.2 Å². The molecular formula is C20H21N3O3. The molecule has 4 rings (SSSR count). The van der Waals surface area contributed by atoms with Crippen LogP contribution in [0, 0.1) is 0 Å². The van der Waals surface area contributed by atoms with Crippen molar-refractivity contribution in [2.24, 2.45) is 0 Å². The van der Waals surface area contributed by atoms with Gasteiger partial charge in [0.2, 0.25) is 5.91 Å². The first kappa shape index (κ1) is 16.7. The molecule has 0 unspecified atom stereocenters. The maximum atomic E-state index is 12.4. The summed E-state index contributed by atoms with van der Waals surface area (Å²) in [6, 6.07) is 8.25. The van der Waals surface area contributed by atoms with Gasteiger partial charge in [0.1, 0.15) is 5.82 Å². The van der Waals surface area contributed by atoms with Crippen LogP contribution in [0.5, 0.6) is 0 Å². The van der Waals surface area contributed by atoms with Crippen molar-refractivity contribution >= 4 is 17.6 Å². The molecule has 0 saturated heterocycles. The first-order chi connectivity index (χ1) is 12.7. The minimum atomic E-state index is -0.136. The second-order valence-electron chi connectivity index (χ2n) is 6.69. The van der Waals surface area contributed by atoms with Gasteiger partial charge in [-0.25, -0.2) is 4.98 Å². The lowest BCUT2D eigenvalue weighted by Gasteiger charge is -2.17. The number of aromatic nitrogens is 1.